The molecule has 2 aromatic rings. The van der Waals surface area contributed by atoms with Crippen LogP contribution in [0.3, 0.4) is 0 Å². The van der Waals surface area contributed by atoms with Crippen LogP contribution in [-0.2, 0) is 21.9 Å². The number of carbonyl (C=O) groups is 2. The van der Waals surface area contributed by atoms with Crippen LogP contribution in [0.4, 0.5) is 0 Å². The second-order valence-corrected chi connectivity index (χ2v) is 8.53. The quantitative estimate of drug-likeness (QED) is 0.540. The Hall–Kier alpha value is -1.69. The SMILES string of the molecule is CCCNC(=O)[C@@H](C)N(Cc1cccc(Cl)c1)C(=O)CSCc1ccccc1Cl. The first-order valence-electron chi connectivity index (χ1n) is 9.55. The van der Waals surface area contributed by atoms with Crippen molar-refractivity contribution in [2.75, 3.05) is 12.3 Å². The predicted octanol–water partition coefficient (Wildman–Crippen LogP) is 5.17. The summed E-state index contributed by atoms with van der Waals surface area (Å²) in [5.74, 6) is 0.642. The number of rotatable bonds is 10. The smallest absolute Gasteiger partial charge is 0.242 e. The molecule has 2 aromatic carbocycles. The summed E-state index contributed by atoms with van der Waals surface area (Å²) in [6.45, 7) is 4.66. The Kier molecular flexibility index (Phi) is 9.85. The van der Waals surface area contributed by atoms with Gasteiger partial charge in [-0.1, -0.05) is 60.5 Å². The molecule has 2 amide bonds. The maximum atomic E-state index is 13.0. The third kappa shape index (κ3) is 7.57. The first kappa shape index (κ1) is 23.6. The van der Waals surface area contributed by atoms with Crippen molar-refractivity contribution in [2.24, 2.45) is 0 Å². The monoisotopic (exact) mass is 452 g/mol. The summed E-state index contributed by atoms with van der Waals surface area (Å²) in [6.07, 6.45) is 0.842. The lowest BCUT2D eigenvalue weighted by molar-refractivity contribution is -0.138. The molecule has 7 heteroatoms. The standard InChI is InChI=1S/C22H26Cl2N2O2S/c1-3-11-25-22(28)16(2)26(13-17-7-6-9-19(23)12-17)21(27)15-29-14-18-8-4-5-10-20(18)24/h4-10,12,16H,3,11,13-15H2,1-2H3,(H,25,28)/t16-/m1/s1. The second-order valence-electron chi connectivity index (χ2n) is 6.70. The summed E-state index contributed by atoms with van der Waals surface area (Å²) in [4.78, 5) is 27.1. The summed E-state index contributed by atoms with van der Waals surface area (Å²) in [6, 6.07) is 14.4. The van der Waals surface area contributed by atoms with Gasteiger partial charge in [0.05, 0.1) is 5.75 Å². The van der Waals surface area contributed by atoms with Crippen molar-refractivity contribution in [3.05, 3.63) is 69.7 Å². The summed E-state index contributed by atoms with van der Waals surface area (Å²) in [5, 5.41) is 4.16. The van der Waals surface area contributed by atoms with Gasteiger partial charge in [0, 0.05) is 28.9 Å². The maximum Gasteiger partial charge on any atom is 0.242 e. The summed E-state index contributed by atoms with van der Waals surface area (Å²) in [7, 11) is 0. The lowest BCUT2D eigenvalue weighted by Crippen LogP contribution is -2.48. The fourth-order valence-corrected chi connectivity index (χ4v) is 4.17. The van der Waals surface area contributed by atoms with Crippen LogP contribution in [0.2, 0.25) is 10.0 Å². The molecule has 0 heterocycles. The zero-order valence-corrected chi connectivity index (χ0v) is 19.0. The van der Waals surface area contributed by atoms with Gasteiger partial charge in [0.1, 0.15) is 6.04 Å². The van der Waals surface area contributed by atoms with Crippen molar-refractivity contribution in [3.63, 3.8) is 0 Å². The van der Waals surface area contributed by atoms with E-state index in [0.717, 1.165) is 17.5 Å². The van der Waals surface area contributed by atoms with Crippen molar-refractivity contribution in [1.82, 2.24) is 10.2 Å². The van der Waals surface area contributed by atoms with Crippen LogP contribution in [0.25, 0.3) is 0 Å². The Morgan fingerprint density at radius 3 is 2.59 bits per heavy atom. The molecule has 0 spiro atoms. The van der Waals surface area contributed by atoms with Gasteiger partial charge < -0.3 is 10.2 Å². The zero-order chi connectivity index (χ0) is 21.2. The van der Waals surface area contributed by atoms with Crippen molar-refractivity contribution < 1.29 is 9.59 Å². The van der Waals surface area contributed by atoms with E-state index in [1.807, 2.05) is 49.4 Å². The van der Waals surface area contributed by atoms with Gasteiger partial charge in [0.2, 0.25) is 11.8 Å². The Balaban J connectivity index is 2.07. The molecule has 0 aliphatic rings. The molecule has 0 bridgehead atoms. The van der Waals surface area contributed by atoms with Gasteiger partial charge in [0.15, 0.2) is 0 Å². The minimum absolute atomic E-state index is 0.0961. The van der Waals surface area contributed by atoms with E-state index in [0.29, 0.717) is 28.9 Å². The number of thioether (sulfide) groups is 1. The molecule has 0 saturated heterocycles. The molecule has 0 aliphatic carbocycles. The molecule has 1 atom stereocenters. The Morgan fingerprint density at radius 2 is 1.90 bits per heavy atom. The zero-order valence-electron chi connectivity index (χ0n) is 16.7. The van der Waals surface area contributed by atoms with Gasteiger partial charge in [-0.25, -0.2) is 0 Å². The normalized spacial score (nSPS) is 11.7. The van der Waals surface area contributed by atoms with Crippen LogP contribution in [0.15, 0.2) is 48.5 Å². The fraction of sp³-hybridized carbons (Fsp3) is 0.364. The third-order valence-electron chi connectivity index (χ3n) is 4.40. The van der Waals surface area contributed by atoms with Crippen molar-refractivity contribution >= 4 is 46.8 Å². The topological polar surface area (TPSA) is 49.4 Å². The Bertz CT molecular complexity index is 832. The molecule has 0 aliphatic heterocycles. The van der Waals surface area contributed by atoms with E-state index in [-0.39, 0.29) is 17.6 Å². The number of nitrogens with one attached hydrogen (secondary N) is 1. The summed E-state index contributed by atoms with van der Waals surface area (Å²) < 4.78 is 0. The molecule has 29 heavy (non-hydrogen) atoms. The molecule has 0 saturated carbocycles. The van der Waals surface area contributed by atoms with Gasteiger partial charge in [0.25, 0.3) is 0 Å². The lowest BCUT2D eigenvalue weighted by atomic mass is 10.1. The molecule has 0 radical (unpaired) electrons. The number of nitrogens with zero attached hydrogens (tertiary/aromatic N) is 1. The number of benzene rings is 2. The molecular weight excluding hydrogens is 427 g/mol. The van der Waals surface area contributed by atoms with Gasteiger partial charge >= 0.3 is 0 Å². The van der Waals surface area contributed by atoms with Crippen LogP contribution in [0, 0.1) is 0 Å². The molecule has 4 nitrogen and oxygen atoms in total. The average molecular weight is 453 g/mol. The van der Waals surface area contributed by atoms with E-state index in [2.05, 4.69) is 5.32 Å². The van der Waals surface area contributed by atoms with E-state index in [1.54, 1.807) is 17.9 Å². The predicted molar refractivity (Wildman–Crippen MR) is 122 cm³/mol. The van der Waals surface area contributed by atoms with Crippen LogP contribution in [-0.4, -0.2) is 35.1 Å². The van der Waals surface area contributed by atoms with E-state index in [1.165, 1.54) is 11.8 Å². The van der Waals surface area contributed by atoms with E-state index in [4.69, 9.17) is 23.2 Å². The first-order valence-corrected chi connectivity index (χ1v) is 11.5. The Morgan fingerprint density at radius 1 is 1.14 bits per heavy atom. The molecule has 0 unspecified atom stereocenters. The molecule has 0 aromatic heterocycles. The largest absolute Gasteiger partial charge is 0.354 e. The van der Waals surface area contributed by atoms with Gasteiger partial charge in [-0.05, 0) is 42.7 Å². The molecule has 1 N–H and O–H groups in total. The average Bonchev–Trinajstić information content (AvgIpc) is 2.71. The van der Waals surface area contributed by atoms with Gasteiger partial charge in [-0.15, -0.1) is 11.8 Å². The number of hydrogen-bond donors (Lipinski definition) is 1. The highest BCUT2D eigenvalue weighted by Gasteiger charge is 2.25. The summed E-state index contributed by atoms with van der Waals surface area (Å²) >= 11 is 13.8. The number of amides is 2. The number of carbonyl (C=O) groups excluding carboxylic acids is 2. The summed E-state index contributed by atoms with van der Waals surface area (Å²) in [5.41, 5.74) is 1.87. The fourth-order valence-electron chi connectivity index (χ4n) is 2.76. The molecule has 2 rings (SSSR count). The second kappa shape index (κ2) is 12.1. The highest BCUT2D eigenvalue weighted by molar-refractivity contribution is 7.99. The minimum Gasteiger partial charge on any atom is -0.354 e. The lowest BCUT2D eigenvalue weighted by Gasteiger charge is -2.29. The number of halogens is 2. The van der Waals surface area contributed by atoms with Crippen LogP contribution < -0.4 is 5.32 Å². The van der Waals surface area contributed by atoms with Gasteiger partial charge in [-0.2, -0.15) is 0 Å². The van der Waals surface area contributed by atoms with Crippen molar-refractivity contribution in [2.45, 2.75) is 38.6 Å². The highest BCUT2D eigenvalue weighted by atomic mass is 35.5. The van der Waals surface area contributed by atoms with E-state index >= 15 is 0 Å². The van der Waals surface area contributed by atoms with Crippen LogP contribution in [0.5, 0.6) is 0 Å². The maximum absolute atomic E-state index is 13.0. The van der Waals surface area contributed by atoms with Crippen molar-refractivity contribution in [1.29, 1.82) is 0 Å². The molecule has 0 fully saturated rings. The van der Waals surface area contributed by atoms with Crippen LogP contribution >= 0.6 is 35.0 Å². The Labute approximate surface area is 187 Å². The van der Waals surface area contributed by atoms with E-state index < -0.39 is 6.04 Å². The molecular formula is C22H26Cl2N2O2S. The minimum atomic E-state index is -0.575. The van der Waals surface area contributed by atoms with Crippen LogP contribution in [0.1, 0.15) is 31.4 Å². The number of hydrogen-bond acceptors (Lipinski definition) is 3. The van der Waals surface area contributed by atoms with E-state index in [9.17, 15) is 9.59 Å². The molecule has 156 valence electrons. The van der Waals surface area contributed by atoms with Crippen molar-refractivity contribution in [3.8, 4) is 0 Å². The highest BCUT2D eigenvalue weighted by Crippen LogP contribution is 2.22. The first-order chi connectivity index (χ1) is 13.9. The van der Waals surface area contributed by atoms with Gasteiger partial charge in [-0.3, -0.25) is 9.59 Å². The third-order valence-corrected chi connectivity index (χ3v) is 5.97.